The molecule has 6 nitrogen and oxygen atoms in total. The number of benzene rings is 2. The van der Waals surface area contributed by atoms with E-state index < -0.39 is 17.4 Å². The maximum Gasteiger partial charge on any atom is 0.250 e. The number of amides is 3. The van der Waals surface area contributed by atoms with Crippen LogP contribution in [0.15, 0.2) is 42.5 Å². The number of hydrogen-bond acceptors (Lipinski definition) is 4. The molecule has 1 N–H and O–H groups in total. The first-order valence-electron chi connectivity index (χ1n) is 10.6. The Bertz CT molecular complexity index is 1120. The lowest BCUT2D eigenvalue weighted by atomic mass is 9.75. The van der Waals surface area contributed by atoms with Crippen molar-refractivity contribution in [1.29, 1.82) is 0 Å². The fraction of sp³-hybridized carbons (Fsp3) is 0.375. The number of aryl methyl sites for hydroxylation is 2. The van der Waals surface area contributed by atoms with Crippen LogP contribution >= 0.6 is 0 Å². The average Bonchev–Trinajstić information content (AvgIpc) is 3.42. The summed E-state index contributed by atoms with van der Waals surface area (Å²) in [6, 6.07) is 13.3. The highest BCUT2D eigenvalue weighted by atomic mass is 16.2. The first kappa shape index (κ1) is 17.8. The van der Waals surface area contributed by atoms with Gasteiger partial charge in [-0.2, -0.15) is 0 Å². The Morgan fingerprint density at radius 1 is 0.967 bits per heavy atom. The van der Waals surface area contributed by atoms with Crippen LogP contribution < -0.4 is 10.2 Å². The van der Waals surface area contributed by atoms with Crippen molar-refractivity contribution in [2.24, 2.45) is 11.8 Å². The highest BCUT2D eigenvalue weighted by Gasteiger charge is 2.74. The summed E-state index contributed by atoms with van der Waals surface area (Å²) in [4.78, 5) is 44.8. The van der Waals surface area contributed by atoms with Crippen LogP contribution in [0.25, 0.3) is 0 Å². The summed E-state index contributed by atoms with van der Waals surface area (Å²) in [6.07, 6.45) is 1.76. The molecule has 6 heteroatoms. The Labute approximate surface area is 174 Å². The van der Waals surface area contributed by atoms with Crippen molar-refractivity contribution in [2.45, 2.75) is 38.3 Å². The van der Waals surface area contributed by atoms with Crippen molar-refractivity contribution in [1.82, 2.24) is 4.90 Å². The zero-order valence-corrected chi connectivity index (χ0v) is 17.0. The number of anilines is 2. The molecule has 6 rings (SSSR count). The van der Waals surface area contributed by atoms with Crippen molar-refractivity contribution in [2.75, 3.05) is 16.8 Å². The smallest absolute Gasteiger partial charge is 0.250 e. The van der Waals surface area contributed by atoms with Crippen LogP contribution in [-0.4, -0.2) is 35.2 Å². The van der Waals surface area contributed by atoms with E-state index in [-0.39, 0.29) is 23.8 Å². The summed E-state index contributed by atoms with van der Waals surface area (Å²) < 4.78 is 0. The number of nitrogens with one attached hydrogen (secondary N) is 1. The molecular formula is C24H23N3O3. The number of imide groups is 1. The monoisotopic (exact) mass is 401 g/mol. The van der Waals surface area contributed by atoms with Gasteiger partial charge < -0.3 is 5.32 Å². The second-order valence-electron chi connectivity index (χ2n) is 8.92. The maximum absolute atomic E-state index is 13.9. The molecule has 1 spiro atoms. The van der Waals surface area contributed by atoms with Crippen LogP contribution in [0.5, 0.6) is 0 Å². The van der Waals surface area contributed by atoms with E-state index in [0.29, 0.717) is 5.69 Å². The van der Waals surface area contributed by atoms with Gasteiger partial charge in [0.15, 0.2) is 0 Å². The van der Waals surface area contributed by atoms with E-state index in [1.807, 2.05) is 56.3 Å². The van der Waals surface area contributed by atoms with Crippen molar-refractivity contribution in [3.05, 3.63) is 59.2 Å². The van der Waals surface area contributed by atoms with Gasteiger partial charge in [-0.05, 0) is 50.4 Å². The van der Waals surface area contributed by atoms with E-state index in [4.69, 9.17) is 0 Å². The predicted molar refractivity (Wildman–Crippen MR) is 112 cm³/mol. The van der Waals surface area contributed by atoms with Gasteiger partial charge in [-0.1, -0.05) is 36.4 Å². The van der Waals surface area contributed by atoms with E-state index in [9.17, 15) is 14.4 Å². The molecule has 3 amide bonds. The number of rotatable bonds is 1. The number of nitrogens with zero attached hydrogens (tertiary/aromatic N) is 2. The first-order valence-corrected chi connectivity index (χ1v) is 10.6. The van der Waals surface area contributed by atoms with Gasteiger partial charge in [0.2, 0.25) is 17.7 Å². The van der Waals surface area contributed by atoms with Crippen LogP contribution in [0.1, 0.15) is 29.5 Å². The summed E-state index contributed by atoms with van der Waals surface area (Å²) in [5, 5.41) is 3.01. The third kappa shape index (κ3) is 1.86. The van der Waals surface area contributed by atoms with Gasteiger partial charge in [0.25, 0.3) is 0 Å². The lowest BCUT2D eigenvalue weighted by Crippen LogP contribution is -2.54. The van der Waals surface area contributed by atoms with Crippen LogP contribution in [0.4, 0.5) is 11.4 Å². The van der Waals surface area contributed by atoms with E-state index >= 15 is 0 Å². The van der Waals surface area contributed by atoms with Gasteiger partial charge in [0.05, 0.1) is 17.5 Å². The molecule has 2 aromatic rings. The summed E-state index contributed by atoms with van der Waals surface area (Å²) in [5.74, 6) is -1.77. The minimum Gasteiger partial charge on any atom is -0.324 e. The van der Waals surface area contributed by atoms with Crippen molar-refractivity contribution in [3.63, 3.8) is 0 Å². The van der Waals surface area contributed by atoms with E-state index in [1.165, 1.54) is 4.90 Å². The molecule has 4 atom stereocenters. The highest BCUT2D eigenvalue weighted by molar-refractivity contribution is 6.26. The van der Waals surface area contributed by atoms with Gasteiger partial charge in [-0.3, -0.25) is 19.3 Å². The second-order valence-corrected chi connectivity index (χ2v) is 8.92. The van der Waals surface area contributed by atoms with Gasteiger partial charge in [0, 0.05) is 17.3 Å². The number of para-hydroxylation sites is 2. The Morgan fingerprint density at radius 3 is 2.47 bits per heavy atom. The van der Waals surface area contributed by atoms with Crippen LogP contribution in [0.3, 0.4) is 0 Å². The number of carbonyl (C=O) groups is 3. The zero-order chi connectivity index (χ0) is 20.8. The molecule has 4 aliphatic heterocycles. The molecule has 4 aliphatic rings. The number of hydrogen-bond donors (Lipinski definition) is 1. The molecule has 0 aliphatic carbocycles. The van der Waals surface area contributed by atoms with E-state index in [2.05, 4.69) is 10.2 Å². The second kappa shape index (κ2) is 5.79. The third-order valence-electron chi connectivity index (χ3n) is 7.56. The molecule has 3 fully saturated rings. The van der Waals surface area contributed by atoms with Crippen molar-refractivity contribution in [3.8, 4) is 0 Å². The van der Waals surface area contributed by atoms with Gasteiger partial charge >= 0.3 is 0 Å². The standard InChI is InChI=1S/C24H23N3O3/c1-13-7-5-8-14(2)20(13)27-21(28)18-17-11-6-12-26(17)24(19(18)22(27)29)15-9-3-4-10-16(15)25-23(24)30/h3-5,7-10,17-19H,6,11-12H2,1-2H3,(H,25,30)/t17-,18+,19+,24+/m1/s1. The first-order chi connectivity index (χ1) is 14.5. The molecule has 4 heterocycles. The summed E-state index contributed by atoms with van der Waals surface area (Å²) in [7, 11) is 0. The van der Waals surface area contributed by atoms with Gasteiger partial charge in [0.1, 0.15) is 5.54 Å². The van der Waals surface area contributed by atoms with Crippen LogP contribution in [0.2, 0.25) is 0 Å². The minimum atomic E-state index is -1.10. The molecular weight excluding hydrogens is 378 g/mol. The maximum atomic E-state index is 13.9. The van der Waals surface area contributed by atoms with E-state index in [1.54, 1.807) is 0 Å². The van der Waals surface area contributed by atoms with Gasteiger partial charge in [-0.25, -0.2) is 4.90 Å². The third-order valence-corrected chi connectivity index (χ3v) is 7.56. The van der Waals surface area contributed by atoms with Crippen LogP contribution in [0, 0.1) is 25.7 Å². The summed E-state index contributed by atoms with van der Waals surface area (Å²) in [6.45, 7) is 4.57. The minimum absolute atomic E-state index is 0.0855. The predicted octanol–water partition coefficient (Wildman–Crippen LogP) is 2.73. The van der Waals surface area contributed by atoms with Gasteiger partial charge in [-0.15, -0.1) is 0 Å². The molecule has 0 bridgehead atoms. The largest absolute Gasteiger partial charge is 0.324 e. The summed E-state index contributed by atoms with van der Waals surface area (Å²) >= 11 is 0. The Morgan fingerprint density at radius 2 is 1.70 bits per heavy atom. The molecule has 30 heavy (non-hydrogen) atoms. The van der Waals surface area contributed by atoms with Crippen molar-refractivity contribution >= 4 is 29.1 Å². The molecule has 3 saturated heterocycles. The lowest BCUT2D eigenvalue weighted by Gasteiger charge is -2.36. The SMILES string of the molecule is Cc1cccc(C)c1N1C(=O)[C@H]2[C@H]3CCCN3[C@]3(C(=O)Nc4ccccc43)[C@@H]2C1=O. The Balaban J connectivity index is 1.58. The molecule has 0 aromatic heterocycles. The molecule has 0 radical (unpaired) electrons. The summed E-state index contributed by atoms with van der Waals surface area (Å²) in [5.41, 5.74) is 2.95. The number of carbonyl (C=O) groups excluding carboxylic acids is 3. The Hall–Kier alpha value is -2.99. The quantitative estimate of drug-likeness (QED) is 0.746. The van der Waals surface area contributed by atoms with E-state index in [0.717, 1.165) is 41.8 Å². The fourth-order valence-corrected chi connectivity index (χ4v) is 6.54. The normalized spacial score (nSPS) is 32.0. The molecule has 0 saturated carbocycles. The Kier molecular flexibility index (Phi) is 3.44. The van der Waals surface area contributed by atoms with Crippen LogP contribution in [-0.2, 0) is 19.9 Å². The highest BCUT2D eigenvalue weighted by Crippen LogP contribution is 2.60. The lowest BCUT2D eigenvalue weighted by molar-refractivity contribution is -0.135. The molecule has 0 unspecified atom stereocenters. The topological polar surface area (TPSA) is 69.7 Å². The number of fused-ring (bicyclic) bond motifs is 7. The molecule has 152 valence electrons. The van der Waals surface area contributed by atoms with Crippen molar-refractivity contribution < 1.29 is 14.4 Å². The average molecular weight is 401 g/mol. The zero-order valence-electron chi connectivity index (χ0n) is 17.0. The fourth-order valence-electron chi connectivity index (χ4n) is 6.54. The molecule has 2 aromatic carbocycles.